The number of nitrogens with zero attached hydrogens (tertiary/aromatic N) is 1. The van der Waals surface area contributed by atoms with Crippen LogP contribution in [0, 0.1) is 12.0 Å². The van der Waals surface area contributed by atoms with Crippen molar-refractivity contribution in [2.75, 3.05) is 33.7 Å². The Kier molecular flexibility index (Phi) is 2.35. The van der Waals surface area contributed by atoms with Gasteiger partial charge in [-0.2, -0.15) is 0 Å². The molecule has 2 heterocycles. The molecule has 0 spiro atoms. The van der Waals surface area contributed by atoms with Crippen LogP contribution in [0.5, 0.6) is 0 Å². The lowest BCUT2D eigenvalue weighted by molar-refractivity contribution is 0.0996. The van der Waals surface area contributed by atoms with Crippen molar-refractivity contribution in [1.29, 1.82) is 0 Å². The van der Waals surface area contributed by atoms with Crippen LogP contribution in [0.15, 0.2) is 0 Å². The van der Waals surface area contributed by atoms with Crippen LogP contribution in [0.2, 0.25) is 0 Å². The molecule has 0 aliphatic carbocycles. The largest absolute Gasteiger partial charge is 0.366 e. The van der Waals surface area contributed by atoms with Crippen LogP contribution in [0.1, 0.15) is 6.42 Å². The Morgan fingerprint density at radius 3 is 3.00 bits per heavy atom. The van der Waals surface area contributed by atoms with Gasteiger partial charge in [-0.15, -0.1) is 0 Å². The molecule has 2 rings (SSSR count). The summed E-state index contributed by atoms with van der Waals surface area (Å²) in [6.07, 6.45) is 2.91. The Labute approximate surface area is 74.1 Å². The first kappa shape index (κ1) is 8.48. The number of hydrogen-bond donors (Lipinski definition) is 1. The zero-order valence-electron chi connectivity index (χ0n) is 7.84. The highest BCUT2D eigenvalue weighted by molar-refractivity contribution is 4.99. The van der Waals surface area contributed by atoms with Crippen molar-refractivity contribution in [3.8, 4) is 0 Å². The minimum absolute atomic E-state index is 0.472. The summed E-state index contributed by atoms with van der Waals surface area (Å²) in [4.78, 5) is 2.17. The fraction of sp³-hybridized carbons (Fsp3) is 0.889. The Hall–Kier alpha value is -0.120. The van der Waals surface area contributed by atoms with E-state index in [0.29, 0.717) is 6.10 Å². The summed E-state index contributed by atoms with van der Waals surface area (Å²) in [6, 6.07) is 0. The van der Waals surface area contributed by atoms with Crippen LogP contribution in [-0.4, -0.2) is 44.7 Å². The first-order chi connectivity index (χ1) is 5.75. The van der Waals surface area contributed by atoms with Gasteiger partial charge in [-0.1, -0.05) is 0 Å². The van der Waals surface area contributed by atoms with Crippen LogP contribution in [0.3, 0.4) is 0 Å². The molecule has 69 valence electrons. The van der Waals surface area contributed by atoms with Crippen LogP contribution in [0.4, 0.5) is 0 Å². The van der Waals surface area contributed by atoms with Gasteiger partial charge in [-0.05, 0) is 20.5 Å². The molecule has 2 aliphatic rings. The third kappa shape index (κ3) is 1.63. The maximum Gasteiger partial charge on any atom is 0.112 e. The molecule has 0 aromatic rings. The molecule has 3 heteroatoms. The highest BCUT2D eigenvalue weighted by Gasteiger charge is 2.38. The lowest BCUT2D eigenvalue weighted by Gasteiger charge is -2.15. The van der Waals surface area contributed by atoms with Crippen LogP contribution in [-0.2, 0) is 4.74 Å². The summed E-state index contributed by atoms with van der Waals surface area (Å²) in [5.41, 5.74) is 0. The van der Waals surface area contributed by atoms with Gasteiger partial charge in [0, 0.05) is 25.6 Å². The number of ether oxygens (including phenoxy) is 1. The van der Waals surface area contributed by atoms with Gasteiger partial charge >= 0.3 is 0 Å². The molecule has 12 heavy (non-hydrogen) atoms. The summed E-state index contributed by atoms with van der Waals surface area (Å²) in [5.74, 6) is 0.750. The van der Waals surface area contributed by atoms with Crippen molar-refractivity contribution in [2.24, 2.45) is 5.92 Å². The Balaban J connectivity index is 1.82. The molecule has 0 amide bonds. The van der Waals surface area contributed by atoms with Crippen molar-refractivity contribution in [1.82, 2.24) is 10.2 Å². The normalized spacial score (nSPS) is 36.2. The van der Waals surface area contributed by atoms with E-state index in [1.54, 1.807) is 0 Å². The molecule has 2 saturated heterocycles. The van der Waals surface area contributed by atoms with Gasteiger partial charge in [0.1, 0.15) is 6.10 Å². The lowest BCUT2D eigenvalue weighted by atomic mass is 10.0. The maximum atomic E-state index is 5.81. The van der Waals surface area contributed by atoms with Crippen molar-refractivity contribution in [3.63, 3.8) is 0 Å². The number of rotatable bonds is 2. The number of hydrogen-bond acceptors (Lipinski definition) is 3. The van der Waals surface area contributed by atoms with E-state index in [4.69, 9.17) is 4.74 Å². The molecule has 3 nitrogen and oxygen atoms in total. The average Bonchev–Trinajstić information content (AvgIpc) is 2.43. The smallest absolute Gasteiger partial charge is 0.112 e. The minimum atomic E-state index is 0.472. The zero-order chi connectivity index (χ0) is 8.55. The SMILES string of the molecule is CN(C)C[C]1CC2CNCC2O1. The van der Waals surface area contributed by atoms with E-state index in [1.807, 2.05) is 0 Å². The second-order valence-electron chi connectivity index (χ2n) is 4.06. The Morgan fingerprint density at radius 1 is 1.50 bits per heavy atom. The van der Waals surface area contributed by atoms with E-state index >= 15 is 0 Å². The summed E-state index contributed by atoms with van der Waals surface area (Å²) < 4.78 is 5.81. The average molecular weight is 169 g/mol. The second-order valence-corrected chi connectivity index (χ2v) is 4.06. The predicted molar refractivity (Wildman–Crippen MR) is 47.6 cm³/mol. The summed E-state index contributed by atoms with van der Waals surface area (Å²) in [7, 11) is 4.17. The maximum absolute atomic E-state index is 5.81. The van der Waals surface area contributed by atoms with E-state index in [2.05, 4.69) is 24.3 Å². The third-order valence-corrected chi connectivity index (χ3v) is 2.58. The lowest BCUT2D eigenvalue weighted by Crippen LogP contribution is -2.23. The van der Waals surface area contributed by atoms with Crippen molar-refractivity contribution >= 4 is 0 Å². The standard InChI is InChI=1S/C9H17N2O/c1-11(2)6-8-3-7-4-10-5-9(7)12-8/h7,9-10H,3-6H2,1-2H3. The molecular weight excluding hydrogens is 152 g/mol. The summed E-state index contributed by atoms with van der Waals surface area (Å²) in [5, 5.41) is 3.35. The van der Waals surface area contributed by atoms with Gasteiger partial charge in [0.25, 0.3) is 0 Å². The molecule has 2 fully saturated rings. The van der Waals surface area contributed by atoms with Gasteiger partial charge in [0.15, 0.2) is 0 Å². The highest BCUT2D eigenvalue weighted by atomic mass is 16.5. The fourth-order valence-electron chi connectivity index (χ4n) is 2.06. The number of fused-ring (bicyclic) bond motifs is 1. The molecular formula is C9H17N2O. The first-order valence-electron chi connectivity index (χ1n) is 4.62. The molecule has 2 aliphatic heterocycles. The van der Waals surface area contributed by atoms with Gasteiger partial charge in [0.05, 0.1) is 6.10 Å². The molecule has 1 radical (unpaired) electrons. The monoisotopic (exact) mass is 169 g/mol. The van der Waals surface area contributed by atoms with E-state index < -0.39 is 0 Å². The van der Waals surface area contributed by atoms with Crippen LogP contribution in [0.25, 0.3) is 0 Å². The molecule has 0 bridgehead atoms. The summed E-state index contributed by atoms with van der Waals surface area (Å²) in [6.45, 7) is 3.18. The number of likely N-dealkylation sites (N-methyl/N-ethyl adjacent to an activating group) is 1. The molecule has 2 atom stereocenters. The van der Waals surface area contributed by atoms with Crippen LogP contribution >= 0.6 is 0 Å². The van der Waals surface area contributed by atoms with E-state index in [-0.39, 0.29) is 0 Å². The molecule has 1 N–H and O–H groups in total. The molecule has 2 unspecified atom stereocenters. The minimum Gasteiger partial charge on any atom is -0.366 e. The van der Waals surface area contributed by atoms with E-state index in [0.717, 1.165) is 32.0 Å². The van der Waals surface area contributed by atoms with Crippen molar-refractivity contribution in [2.45, 2.75) is 12.5 Å². The first-order valence-corrected chi connectivity index (χ1v) is 4.62. The van der Waals surface area contributed by atoms with Gasteiger partial charge in [-0.3, -0.25) is 0 Å². The van der Waals surface area contributed by atoms with Crippen molar-refractivity contribution < 1.29 is 4.74 Å². The van der Waals surface area contributed by atoms with Gasteiger partial charge in [0.2, 0.25) is 0 Å². The zero-order valence-corrected chi connectivity index (χ0v) is 7.84. The van der Waals surface area contributed by atoms with Crippen LogP contribution < -0.4 is 5.32 Å². The summed E-state index contributed by atoms with van der Waals surface area (Å²) >= 11 is 0. The Morgan fingerprint density at radius 2 is 2.33 bits per heavy atom. The quantitative estimate of drug-likeness (QED) is 0.634. The fourth-order valence-corrected chi connectivity index (χ4v) is 2.06. The molecule has 0 aromatic heterocycles. The molecule has 0 saturated carbocycles. The third-order valence-electron chi connectivity index (χ3n) is 2.58. The van der Waals surface area contributed by atoms with E-state index in [9.17, 15) is 0 Å². The number of nitrogens with one attached hydrogen (secondary N) is 1. The van der Waals surface area contributed by atoms with Gasteiger partial charge < -0.3 is 15.0 Å². The Bertz CT molecular complexity index is 149. The van der Waals surface area contributed by atoms with E-state index in [1.165, 1.54) is 6.10 Å². The topological polar surface area (TPSA) is 24.5 Å². The second kappa shape index (κ2) is 3.32. The predicted octanol–water partition coefficient (Wildman–Crippen LogP) is 0.0883. The van der Waals surface area contributed by atoms with Gasteiger partial charge in [-0.25, -0.2) is 0 Å². The highest BCUT2D eigenvalue weighted by Crippen LogP contribution is 2.33. The van der Waals surface area contributed by atoms with Crippen molar-refractivity contribution in [3.05, 3.63) is 6.10 Å². The molecule has 0 aromatic carbocycles.